The Morgan fingerprint density at radius 2 is 2.44 bits per heavy atom. The van der Waals surface area contributed by atoms with Gasteiger partial charge in [0.05, 0.1) is 0 Å². The predicted octanol–water partition coefficient (Wildman–Crippen LogP) is 1.14. The van der Waals surface area contributed by atoms with E-state index < -0.39 is 0 Å². The van der Waals surface area contributed by atoms with Crippen molar-refractivity contribution in [2.75, 3.05) is 0 Å². The SMILES string of the molecule is [c]1noc(C2CCC2)n1. The van der Waals surface area contributed by atoms with Crippen LogP contribution in [-0.4, -0.2) is 10.1 Å². The van der Waals surface area contributed by atoms with E-state index in [0.717, 1.165) is 5.89 Å². The molecule has 0 N–H and O–H groups in total. The molecule has 1 fully saturated rings. The Hall–Kier alpha value is -0.860. The molecule has 1 aliphatic rings. The first-order chi connectivity index (χ1) is 4.47. The quantitative estimate of drug-likeness (QED) is 0.562. The molecule has 1 aliphatic carbocycles. The van der Waals surface area contributed by atoms with E-state index in [1.165, 1.54) is 19.3 Å². The minimum Gasteiger partial charge on any atom is -0.339 e. The van der Waals surface area contributed by atoms with Gasteiger partial charge in [0.2, 0.25) is 12.2 Å². The summed E-state index contributed by atoms with van der Waals surface area (Å²) in [6.07, 6.45) is 6.12. The first-order valence-electron chi connectivity index (χ1n) is 3.16. The molecule has 1 heterocycles. The van der Waals surface area contributed by atoms with E-state index in [0.29, 0.717) is 5.92 Å². The molecule has 0 aromatic carbocycles. The molecule has 0 spiro atoms. The molecule has 0 amide bonds. The third-order valence-electron chi connectivity index (χ3n) is 1.79. The van der Waals surface area contributed by atoms with Crippen LogP contribution in [-0.2, 0) is 0 Å². The summed E-state index contributed by atoms with van der Waals surface area (Å²) in [5.41, 5.74) is 0. The van der Waals surface area contributed by atoms with Crippen LogP contribution >= 0.6 is 0 Å². The molecular weight excluding hydrogens is 116 g/mol. The predicted molar refractivity (Wildman–Crippen MR) is 29.7 cm³/mol. The summed E-state index contributed by atoms with van der Waals surface area (Å²) in [7, 11) is 0. The smallest absolute Gasteiger partial charge is 0.243 e. The normalized spacial score (nSPS) is 19.6. The van der Waals surface area contributed by atoms with Crippen molar-refractivity contribution in [3.63, 3.8) is 0 Å². The second kappa shape index (κ2) is 1.83. The average molecular weight is 123 g/mol. The van der Waals surface area contributed by atoms with Crippen molar-refractivity contribution in [1.29, 1.82) is 0 Å². The highest BCUT2D eigenvalue weighted by molar-refractivity contribution is 4.93. The number of hydrogen-bond acceptors (Lipinski definition) is 3. The van der Waals surface area contributed by atoms with E-state index in [1.54, 1.807) is 0 Å². The Morgan fingerprint density at radius 1 is 1.56 bits per heavy atom. The topological polar surface area (TPSA) is 38.9 Å². The second-order valence-electron chi connectivity index (χ2n) is 2.36. The molecule has 2 rings (SSSR count). The fourth-order valence-corrected chi connectivity index (χ4v) is 0.978. The molecule has 0 unspecified atom stereocenters. The Labute approximate surface area is 53.1 Å². The van der Waals surface area contributed by atoms with Gasteiger partial charge < -0.3 is 4.52 Å². The number of aromatic nitrogens is 2. The van der Waals surface area contributed by atoms with Crippen molar-refractivity contribution in [1.82, 2.24) is 10.1 Å². The van der Waals surface area contributed by atoms with Crippen LogP contribution < -0.4 is 0 Å². The van der Waals surface area contributed by atoms with Crippen molar-refractivity contribution in [3.8, 4) is 0 Å². The van der Waals surface area contributed by atoms with Gasteiger partial charge in [0.15, 0.2) is 0 Å². The molecule has 0 atom stereocenters. The Balaban J connectivity index is 2.14. The fraction of sp³-hybridized carbons (Fsp3) is 0.667. The molecule has 1 aromatic rings. The molecule has 47 valence electrons. The van der Waals surface area contributed by atoms with E-state index in [4.69, 9.17) is 4.52 Å². The van der Waals surface area contributed by atoms with E-state index >= 15 is 0 Å². The van der Waals surface area contributed by atoms with Gasteiger partial charge in [-0.1, -0.05) is 11.6 Å². The lowest BCUT2D eigenvalue weighted by molar-refractivity contribution is 0.292. The lowest BCUT2D eigenvalue weighted by Gasteiger charge is -2.20. The van der Waals surface area contributed by atoms with Gasteiger partial charge in [-0.3, -0.25) is 0 Å². The van der Waals surface area contributed by atoms with Gasteiger partial charge in [-0.05, 0) is 12.8 Å². The van der Waals surface area contributed by atoms with Crippen LogP contribution in [0.2, 0.25) is 0 Å². The van der Waals surface area contributed by atoms with E-state index in [-0.39, 0.29) is 0 Å². The third kappa shape index (κ3) is 0.724. The Morgan fingerprint density at radius 3 is 2.89 bits per heavy atom. The van der Waals surface area contributed by atoms with Crippen LogP contribution in [0.5, 0.6) is 0 Å². The zero-order valence-electron chi connectivity index (χ0n) is 5.00. The summed E-state index contributed by atoms with van der Waals surface area (Å²) in [4.78, 5) is 3.84. The van der Waals surface area contributed by atoms with E-state index in [1.807, 2.05) is 0 Å². The Kier molecular flexibility index (Phi) is 1.01. The molecule has 0 aliphatic heterocycles. The van der Waals surface area contributed by atoms with Gasteiger partial charge in [0.1, 0.15) is 0 Å². The highest BCUT2D eigenvalue weighted by Gasteiger charge is 2.23. The van der Waals surface area contributed by atoms with Gasteiger partial charge in [-0.15, -0.1) is 0 Å². The lowest BCUT2D eigenvalue weighted by Crippen LogP contribution is -2.08. The summed E-state index contributed by atoms with van der Waals surface area (Å²) < 4.78 is 4.82. The standard InChI is InChI=1S/C6H7N2O/c1-2-5(3-1)6-7-4-8-9-6/h5H,1-3H2. The van der Waals surface area contributed by atoms with Crippen molar-refractivity contribution >= 4 is 0 Å². The highest BCUT2D eigenvalue weighted by Crippen LogP contribution is 2.34. The molecule has 0 saturated heterocycles. The summed E-state index contributed by atoms with van der Waals surface area (Å²) in [6, 6.07) is 0. The molecule has 1 radical (unpaired) electrons. The van der Waals surface area contributed by atoms with Gasteiger partial charge in [-0.2, -0.15) is 4.98 Å². The molecule has 1 aromatic heterocycles. The minimum absolute atomic E-state index is 0.545. The van der Waals surface area contributed by atoms with Crippen LogP contribution in [0.1, 0.15) is 31.1 Å². The second-order valence-corrected chi connectivity index (χ2v) is 2.36. The monoisotopic (exact) mass is 123 g/mol. The molecule has 9 heavy (non-hydrogen) atoms. The van der Waals surface area contributed by atoms with Crippen LogP contribution in [0.4, 0.5) is 0 Å². The van der Waals surface area contributed by atoms with E-state index in [2.05, 4.69) is 16.5 Å². The molecule has 1 saturated carbocycles. The molecular formula is C6H7N2O. The van der Waals surface area contributed by atoms with Crippen molar-refractivity contribution in [2.24, 2.45) is 0 Å². The largest absolute Gasteiger partial charge is 0.339 e. The third-order valence-corrected chi connectivity index (χ3v) is 1.79. The summed E-state index contributed by atoms with van der Waals surface area (Å²) >= 11 is 0. The maximum atomic E-state index is 4.82. The van der Waals surface area contributed by atoms with Crippen LogP contribution in [0.3, 0.4) is 0 Å². The van der Waals surface area contributed by atoms with Crippen molar-refractivity contribution in [3.05, 3.63) is 12.2 Å². The van der Waals surface area contributed by atoms with Crippen molar-refractivity contribution < 1.29 is 4.52 Å². The minimum atomic E-state index is 0.545. The van der Waals surface area contributed by atoms with Gasteiger partial charge in [-0.25, -0.2) is 0 Å². The zero-order valence-corrected chi connectivity index (χ0v) is 5.00. The lowest BCUT2D eigenvalue weighted by atomic mass is 9.85. The van der Waals surface area contributed by atoms with Crippen LogP contribution in [0.15, 0.2) is 4.52 Å². The van der Waals surface area contributed by atoms with Gasteiger partial charge >= 0.3 is 0 Å². The summed E-state index contributed by atoms with van der Waals surface area (Å²) in [5, 5.41) is 3.41. The first-order valence-corrected chi connectivity index (χ1v) is 3.16. The van der Waals surface area contributed by atoms with Gasteiger partial charge in [0.25, 0.3) is 0 Å². The number of nitrogens with zero attached hydrogens (tertiary/aromatic N) is 2. The number of hydrogen-bond donors (Lipinski definition) is 0. The maximum absolute atomic E-state index is 4.82. The van der Waals surface area contributed by atoms with E-state index in [9.17, 15) is 0 Å². The summed E-state index contributed by atoms with van der Waals surface area (Å²) in [5.74, 6) is 1.31. The molecule has 0 bridgehead atoms. The van der Waals surface area contributed by atoms with Crippen LogP contribution in [0.25, 0.3) is 0 Å². The van der Waals surface area contributed by atoms with Crippen LogP contribution in [0, 0.1) is 6.33 Å². The maximum Gasteiger partial charge on any atom is 0.243 e. The molecule has 3 heteroatoms. The highest BCUT2D eigenvalue weighted by atomic mass is 16.5. The summed E-state index contributed by atoms with van der Waals surface area (Å²) in [6.45, 7) is 0. The number of rotatable bonds is 1. The van der Waals surface area contributed by atoms with Gasteiger partial charge in [0, 0.05) is 5.92 Å². The fourth-order valence-electron chi connectivity index (χ4n) is 0.978. The Bertz CT molecular complexity index is 179. The molecule has 3 nitrogen and oxygen atoms in total. The zero-order chi connectivity index (χ0) is 6.10. The van der Waals surface area contributed by atoms with Crippen molar-refractivity contribution in [2.45, 2.75) is 25.2 Å². The first kappa shape index (κ1) is 4.97. The average Bonchev–Trinajstić information content (AvgIpc) is 2.11.